The predicted octanol–water partition coefficient (Wildman–Crippen LogP) is 2.21. The summed E-state index contributed by atoms with van der Waals surface area (Å²) in [6.45, 7) is 0.177. The van der Waals surface area contributed by atoms with E-state index in [1.807, 2.05) is 24.3 Å². The number of hydroxylamine groups is 2. The molecular formula is C24H22N2O6. The first kappa shape index (κ1) is 21.4. The molecule has 1 fully saturated rings. The van der Waals surface area contributed by atoms with Crippen LogP contribution in [0, 0.1) is 0 Å². The Morgan fingerprint density at radius 1 is 0.844 bits per heavy atom. The van der Waals surface area contributed by atoms with Crippen LogP contribution in [0.25, 0.3) is 0 Å². The van der Waals surface area contributed by atoms with E-state index in [1.165, 1.54) is 4.90 Å². The lowest BCUT2D eigenvalue weighted by atomic mass is 9.93. The van der Waals surface area contributed by atoms with Crippen LogP contribution in [0.15, 0.2) is 54.6 Å². The van der Waals surface area contributed by atoms with Crippen molar-refractivity contribution in [3.8, 4) is 0 Å². The van der Waals surface area contributed by atoms with Gasteiger partial charge in [0.25, 0.3) is 11.8 Å². The maximum atomic E-state index is 13.0. The smallest absolute Gasteiger partial charge is 0.328 e. The molecule has 2 heterocycles. The third kappa shape index (κ3) is 4.44. The van der Waals surface area contributed by atoms with Crippen LogP contribution < -0.4 is 0 Å². The molecule has 0 N–H and O–H groups in total. The first-order chi connectivity index (χ1) is 15.4. The van der Waals surface area contributed by atoms with Crippen molar-refractivity contribution in [1.82, 2.24) is 9.96 Å². The third-order valence-electron chi connectivity index (χ3n) is 5.69. The highest BCUT2D eigenvalue weighted by Gasteiger charge is 2.40. The minimum atomic E-state index is -0.995. The van der Waals surface area contributed by atoms with Gasteiger partial charge in [0, 0.05) is 44.2 Å². The number of carbonyl (C=O) groups is 5. The monoisotopic (exact) mass is 434 g/mol. The molecule has 8 nitrogen and oxygen atoms in total. The number of carbonyl (C=O) groups excluding carboxylic acids is 5. The predicted molar refractivity (Wildman–Crippen MR) is 112 cm³/mol. The molecule has 3 amide bonds. The second-order valence-corrected chi connectivity index (χ2v) is 7.79. The fourth-order valence-corrected chi connectivity index (χ4v) is 3.94. The Balaban J connectivity index is 1.50. The van der Waals surface area contributed by atoms with Gasteiger partial charge in [0.15, 0.2) is 5.78 Å². The minimum Gasteiger partial charge on any atom is -0.328 e. The molecule has 0 radical (unpaired) electrons. The van der Waals surface area contributed by atoms with Gasteiger partial charge < -0.3 is 9.74 Å². The SMILES string of the molecule is O=C(CCC(=O)N1Cc2ccccc2C[C@H]1C(=O)ON1C(=O)CCC1=O)c1ccccc1. The van der Waals surface area contributed by atoms with Crippen LogP contribution in [-0.4, -0.2) is 45.5 Å². The number of hydrogen-bond acceptors (Lipinski definition) is 6. The summed E-state index contributed by atoms with van der Waals surface area (Å²) in [7, 11) is 0. The normalized spacial score (nSPS) is 17.8. The van der Waals surface area contributed by atoms with E-state index < -0.39 is 23.8 Å². The molecule has 164 valence electrons. The number of rotatable bonds is 6. The zero-order chi connectivity index (χ0) is 22.7. The van der Waals surface area contributed by atoms with Crippen molar-refractivity contribution < 1.29 is 28.8 Å². The summed E-state index contributed by atoms with van der Waals surface area (Å²) in [5.74, 6) is -2.53. The van der Waals surface area contributed by atoms with Crippen molar-refractivity contribution in [1.29, 1.82) is 0 Å². The Morgan fingerprint density at radius 2 is 1.47 bits per heavy atom. The summed E-state index contributed by atoms with van der Waals surface area (Å²) in [4.78, 5) is 68.5. The van der Waals surface area contributed by atoms with Gasteiger partial charge in [-0.2, -0.15) is 0 Å². The molecule has 0 unspecified atom stereocenters. The number of nitrogens with zero attached hydrogens (tertiary/aromatic N) is 2. The van der Waals surface area contributed by atoms with Gasteiger partial charge in [-0.25, -0.2) is 4.79 Å². The van der Waals surface area contributed by atoms with Gasteiger partial charge in [-0.15, -0.1) is 5.06 Å². The van der Waals surface area contributed by atoms with Gasteiger partial charge in [-0.05, 0) is 11.1 Å². The average molecular weight is 434 g/mol. The number of hydrogen-bond donors (Lipinski definition) is 0. The van der Waals surface area contributed by atoms with E-state index in [1.54, 1.807) is 30.3 Å². The number of Topliss-reactive ketones (excluding diaryl/α,β-unsaturated/α-hetero) is 1. The number of amides is 3. The highest BCUT2D eigenvalue weighted by atomic mass is 16.7. The quantitative estimate of drug-likeness (QED) is 0.510. The molecule has 32 heavy (non-hydrogen) atoms. The van der Waals surface area contributed by atoms with Crippen molar-refractivity contribution in [3.05, 3.63) is 71.3 Å². The summed E-state index contributed by atoms with van der Waals surface area (Å²) in [5, 5.41) is 0.491. The molecule has 1 saturated heterocycles. The maximum Gasteiger partial charge on any atom is 0.355 e. The van der Waals surface area contributed by atoms with Crippen LogP contribution in [0.4, 0.5) is 0 Å². The first-order valence-electron chi connectivity index (χ1n) is 10.5. The molecule has 0 bridgehead atoms. The fraction of sp³-hybridized carbons (Fsp3) is 0.292. The molecule has 0 spiro atoms. The highest BCUT2D eigenvalue weighted by Crippen LogP contribution is 2.26. The number of ketones is 1. The topological polar surface area (TPSA) is 101 Å². The second-order valence-electron chi connectivity index (χ2n) is 7.79. The molecular weight excluding hydrogens is 412 g/mol. The van der Waals surface area contributed by atoms with E-state index >= 15 is 0 Å². The molecule has 2 aromatic carbocycles. The first-order valence-corrected chi connectivity index (χ1v) is 10.5. The largest absolute Gasteiger partial charge is 0.355 e. The molecule has 1 atom stereocenters. The minimum absolute atomic E-state index is 0.00581. The number of fused-ring (bicyclic) bond motifs is 1. The van der Waals surface area contributed by atoms with Gasteiger partial charge in [0.2, 0.25) is 5.91 Å². The van der Waals surface area contributed by atoms with E-state index in [4.69, 9.17) is 4.84 Å². The van der Waals surface area contributed by atoms with Crippen LogP contribution in [0.5, 0.6) is 0 Å². The van der Waals surface area contributed by atoms with Crippen LogP contribution in [0.3, 0.4) is 0 Å². The standard InChI is InChI=1S/C24H22N2O6/c27-20(16-6-2-1-3-7-16)10-11-21(28)25-15-18-9-5-4-8-17(18)14-19(25)24(31)32-26-22(29)12-13-23(26)30/h1-9,19H,10-15H2/t19-/m0/s1. The molecule has 0 aliphatic carbocycles. The lowest BCUT2D eigenvalue weighted by Crippen LogP contribution is -2.51. The summed E-state index contributed by atoms with van der Waals surface area (Å²) in [5.41, 5.74) is 2.30. The summed E-state index contributed by atoms with van der Waals surface area (Å²) in [6.07, 6.45) is 0.115. The average Bonchev–Trinajstić information content (AvgIpc) is 3.14. The molecule has 2 aliphatic heterocycles. The van der Waals surface area contributed by atoms with Crippen molar-refractivity contribution in [2.45, 2.75) is 44.7 Å². The Morgan fingerprint density at radius 3 is 2.16 bits per heavy atom. The molecule has 2 aliphatic rings. The number of benzene rings is 2. The molecule has 0 aromatic heterocycles. The summed E-state index contributed by atoms with van der Waals surface area (Å²) >= 11 is 0. The zero-order valence-electron chi connectivity index (χ0n) is 17.4. The molecule has 8 heteroatoms. The van der Waals surface area contributed by atoms with Crippen molar-refractivity contribution >= 4 is 29.5 Å². The van der Waals surface area contributed by atoms with Crippen molar-refractivity contribution in [2.75, 3.05) is 0 Å². The number of imide groups is 1. The van der Waals surface area contributed by atoms with Crippen LogP contribution >= 0.6 is 0 Å². The second kappa shape index (κ2) is 9.13. The van der Waals surface area contributed by atoms with Gasteiger partial charge in [0.1, 0.15) is 6.04 Å². The van der Waals surface area contributed by atoms with Gasteiger partial charge >= 0.3 is 5.97 Å². The lowest BCUT2D eigenvalue weighted by molar-refractivity contribution is -0.202. The Kier molecular flexibility index (Phi) is 6.11. The molecule has 2 aromatic rings. The van der Waals surface area contributed by atoms with Crippen LogP contribution in [0.1, 0.15) is 47.2 Å². The van der Waals surface area contributed by atoms with Crippen molar-refractivity contribution in [3.63, 3.8) is 0 Å². The van der Waals surface area contributed by atoms with Crippen LogP contribution in [0.2, 0.25) is 0 Å². The lowest BCUT2D eigenvalue weighted by Gasteiger charge is -2.35. The zero-order valence-corrected chi connectivity index (χ0v) is 17.4. The summed E-state index contributed by atoms with van der Waals surface area (Å²) in [6, 6.07) is 15.1. The van der Waals surface area contributed by atoms with Gasteiger partial charge in [-0.3, -0.25) is 19.2 Å². The van der Waals surface area contributed by atoms with E-state index in [9.17, 15) is 24.0 Å². The van der Waals surface area contributed by atoms with Gasteiger partial charge in [0.05, 0.1) is 0 Å². The van der Waals surface area contributed by atoms with E-state index in [0.29, 0.717) is 10.6 Å². The highest BCUT2D eigenvalue weighted by molar-refractivity contribution is 6.02. The third-order valence-corrected chi connectivity index (χ3v) is 5.69. The Bertz CT molecular complexity index is 1060. The summed E-state index contributed by atoms with van der Waals surface area (Å²) < 4.78 is 0. The van der Waals surface area contributed by atoms with Gasteiger partial charge in [-0.1, -0.05) is 54.6 Å². The molecule has 4 rings (SSSR count). The Hall–Kier alpha value is -3.81. The van der Waals surface area contributed by atoms with E-state index in [2.05, 4.69) is 0 Å². The fourth-order valence-electron chi connectivity index (χ4n) is 3.94. The Labute approximate surface area is 184 Å². The van der Waals surface area contributed by atoms with E-state index in [0.717, 1.165) is 11.1 Å². The maximum absolute atomic E-state index is 13.0. The van der Waals surface area contributed by atoms with Crippen molar-refractivity contribution in [2.24, 2.45) is 0 Å². The van der Waals surface area contributed by atoms with E-state index in [-0.39, 0.29) is 50.3 Å². The van der Waals surface area contributed by atoms with Crippen LogP contribution in [-0.2, 0) is 37.0 Å². The molecule has 0 saturated carbocycles.